The third kappa shape index (κ3) is 2.90. The highest BCUT2D eigenvalue weighted by Gasteiger charge is 2.41. The van der Waals surface area contributed by atoms with Gasteiger partial charge in [0.1, 0.15) is 0 Å². The summed E-state index contributed by atoms with van der Waals surface area (Å²) in [7, 11) is 1.44. The van der Waals surface area contributed by atoms with E-state index in [0.29, 0.717) is 5.56 Å². The zero-order valence-electron chi connectivity index (χ0n) is 17.8. The Morgan fingerprint density at radius 3 is 2.25 bits per heavy atom. The first kappa shape index (κ1) is 19.6. The topological polar surface area (TPSA) is 26.3 Å². The second-order valence-corrected chi connectivity index (χ2v) is 10.9. The molecule has 1 unspecified atom stereocenters. The van der Waals surface area contributed by atoms with Crippen LogP contribution in [-0.4, -0.2) is 18.8 Å². The number of thioether (sulfide) groups is 1. The smallest absolute Gasteiger partial charge is 0.337 e. The summed E-state index contributed by atoms with van der Waals surface area (Å²) in [6.07, 6.45) is 2.44. The Morgan fingerprint density at radius 2 is 1.57 bits per heavy atom. The molecule has 1 aliphatic heterocycles. The van der Waals surface area contributed by atoms with Crippen molar-refractivity contribution in [2.24, 2.45) is 0 Å². The highest BCUT2D eigenvalue weighted by Crippen LogP contribution is 2.51. The number of hydrogen-bond acceptors (Lipinski definition) is 3. The van der Waals surface area contributed by atoms with Crippen LogP contribution in [0, 0.1) is 0 Å². The fourth-order valence-electron chi connectivity index (χ4n) is 4.80. The highest BCUT2D eigenvalue weighted by molar-refractivity contribution is 7.99. The zero-order valence-corrected chi connectivity index (χ0v) is 18.6. The molecule has 0 spiro atoms. The molecule has 1 aliphatic carbocycles. The van der Waals surface area contributed by atoms with Gasteiger partial charge in [-0.25, -0.2) is 4.79 Å². The minimum absolute atomic E-state index is 0.100. The van der Waals surface area contributed by atoms with Crippen LogP contribution >= 0.6 is 11.8 Å². The Morgan fingerprint density at radius 1 is 0.893 bits per heavy atom. The number of benzene rings is 2. The Balaban J connectivity index is 1.85. The fourth-order valence-corrected chi connectivity index (χ4v) is 6.17. The molecule has 0 saturated carbocycles. The van der Waals surface area contributed by atoms with E-state index in [4.69, 9.17) is 4.74 Å². The molecule has 1 atom stereocenters. The van der Waals surface area contributed by atoms with Gasteiger partial charge < -0.3 is 4.74 Å². The van der Waals surface area contributed by atoms with Gasteiger partial charge in [0, 0.05) is 16.1 Å². The molecule has 2 aromatic rings. The van der Waals surface area contributed by atoms with Crippen LogP contribution in [-0.2, 0) is 21.0 Å². The van der Waals surface area contributed by atoms with Gasteiger partial charge in [0.25, 0.3) is 0 Å². The van der Waals surface area contributed by atoms with Crippen LogP contribution in [0.5, 0.6) is 0 Å². The summed E-state index contributed by atoms with van der Waals surface area (Å²) >= 11 is 1.88. The average molecular weight is 395 g/mol. The lowest BCUT2D eigenvalue weighted by Gasteiger charge is -2.42. The van der Waals surface area contributed by atoms with Crippen LogP contribution in [0.2, 0.25) is 0 Å². The van der Waals surface area contributed by atoms with Gasteiger partial charge in [-0.2, -0.15) is 0 Å². The summed E-state index contributed by atoms with van der Waals surface area (Å²) in [4.78, 5) is 13.4. The Hall–Kier alpha value is -1.74. The number of ether oxygens (including phenoxy) is 1. The van der Waals surface area contributed by atoms with E-state index in [1.54, 1.807) is 0 Å². The Bertz CT molecular complexity index is 957. The van der Waals surface area contributed by atoms with Gasteiger partial charge in [-0.15, -0.1) is 11.8 Å². The van der Waals surface area contributed by atoms with Crippen molar-refractivity contribution in [1.82, 2.24) is 0 Å². The van der Waals surface area contributed by atoms with Crippen LogP contribution in [0.15, 0.2) is 41.3 Å². The zero-order chi connectivity index (χ0) is 20.3. The first-order chi connectivity index (χ1) is 13.1. The average Bonchev–Trinajstić information content (AvgIpc) is 3.02. The van der Waals surface area contributed by atoms with Crippen molar-refractivity contribution in [3.63, 3.8) is 0 Å². The van der Waals surface area contributed by atoms with Crippen molar-refractivity contribution < 1.29 is 9.53 Å². The molecule has 0 radical (unpaired) electrons. The SMILES string of the molecule is COC(=O)c1ccc2c(c1)C(C)(c1ccc3c(c1)C(C)(C)CCC3(C)C)CS2. The number of carbonyl (C=O) groups is 1. The number of hydrogen-bond donors (Lipinski definition) is 0. The van der Waals surface area contributed by atoms with E-state index in [-0.39, 0.29) is 22.2 Å². The van der Waals surface area contributed by atoms with Crippen LogP contribution in [0.4, 0.5) is 0 Å². The van der Waals surface area contributed by atoms with Gasteiger partial charge in [0.05, 0.1) is 12.7 Å². The van der Waals surface area contributed by atoms with Crippen LogP contribution < -0.4 is 0 Å². The van der Waals surface area contributed by atoms with E-state index >= 15 is 0 Å². The molecule has 2 nitrogen and oxygen atoms in total. The van der Waals surface area contributed by atoms with Crippen molar-refractivity contribution in [3.8, 4) is 0 Å². The van der Waals surface area contributed by atoms with Crippen LogP contribution in [0.1, 0.15) is 80.1 Å². The van der Waals surface area contributed by atoms with Gasteiger partial charge in [-0.1, -0.05) is 52.8 Å². The van der Waals surface area contributed by atoms with Gasteiger partial charge in [-0.3, -0.25) is 0 Å². The maximum Gasteiger partial charge on any atom is 0.337 e. The predicted molar refractivity (Wildman–Crippen MR) is 117 cm³/mol. The number of rotatable bonds is 2. The van der Waals surface area contributed by atoms with E-state index in [2.05, 4.69) is 58.9 Å². The number of methoxy groups -OCH3 is 1. The lowest BCUT2D eigenvalue weighted by molar-refractivity contribution is 0.0600. The number of carbonyl (C=O) groups excluding carboxylic acids is 1. The molecule has 3 heteroatoms. The van der Waals surface area contributed by atoms with E-state index in [0.717, 1.165) is 5.75 Å². The molecule has 0 fully saturated rings. The normalized spacial score (nSPS) is 24.4. The predicted octanol–water partition coefficient (Wildman–Crippen LogP) is 6.23. The Kier molecular flexibility index (Phi) is 4.46. The maximum atomic E-state index is 12.1. The summed E-state index contributed by atoms with van der Waals surface area (Å²) < 4.78 is 4.95. The molecular weight excluding hydrogens is 364 g/mol. The quantitative estimate of drug-likeness (QED) is 0.565. The maximum absolute atomic E-state index is 12.1. The summed E-state index contributed by atoms with van der Waals surface area (Å²) in [5.74, 6) is 0.727. The molecule has 0 amide bonds. The molecule has 148 valence electrons. The van der Waals surface area contributed by atoms with Crippen molar-refractivity contribution in [1.29, 1.82) is 0 Å². The second kappa shape index (κ2) is 6.38. The first-order valence-electron chi connectivity index (χ1n) is 10.1. The molecule has 0 saturated heterocycles. The van der Waals surface area contributed by atoms with E-state index < -0.39 is 0 Å². The number of fused-ring (bicyclic) bond motifs is 2. The molecular formula is C25H30O2S. The third-order valence-corrected chi connectivity index (χ3v) is 8.39. The molecule has 0 aromatic heterocycles. The lowest BCUT2D eigenvalue weighted by atomic mass is 9.62. The van der Waals surface area contributed by atoms with Crippen molar-refractivity contribution in [3.05, 3.63) is 64.2 Å². The molecule has 0 N–H and O–H groups in total. The van der Waals surface area contributed by atoms with E-state index in [1.807, 2.05) is 23.9 Å². The van der Waals surface area contributed by atoms with Gasteiger partial charge in [-0.05, 0) is 64.1 Å². The van der Waals surface area contributed by atoms with E-state index in [9.17, 15) is 4.79 Å². The lowest BCUT2D eigenvalue weighted by Crippen LogP contribution is -2.35. The van der Waals surface area contributed by atoms with E-state index in [1.165, 1.54) is 47.1 Å². The largest absolute Gasteiger partial charge is 0.465 e. The van der Waals surface area contributed by atoms with Crippen molar-refractivity contribution in [2.75, 3.05) is 12.9 Å². The molecule has 1 heterocycles. The minimum Gasteiger partial charge on any atom is -0.465 e. The van der Waals surface area contributed by atoms with Gasteiger partial charge >= 0.3 is 5.97 Å². The summed E-state index contributed by atoms with van der Waals surface area (Å²) in [6.45, 7) is 11.8. The van der Waals surface area contributed by atoms with Gasteiger partial charge in [0.15, 0.2) is 0 Å². The molecule has 2 aromatic carbocycles. The summed E-state index contributed by atoms with van der Waals surface area (Å²) in [5.41, 5.74) is 6.53. The first-order valence-corrected chi connectivity index (χ1v) is 11.1. The fraction of sp³-hybridized carbons (Fsp3) is 0.480. The Labute approximate surface area is 173 Å². The van der Waals surface area contributed by atoms with Crippen LogP contribution in [0.3, 0.4) is 0 Å². The molecule has 4 rings (SSSR count). The molecule has 2 aliphatic rings. The number of esters is 1. The second-order valence-electron chi connectivity index (χ2n) is 9.85. The summed E-state index contributed by atoms with van der Waals surface area (Å²) in [5, 5.41) is 0. The monoisotopic (exact) mass is 394 g/mol. The van der Waals surface area contributed by atoms with Crippen molar-refractivity contribution >= 4 is 17.7 Å². The summed E-state index contributed by atoms with van der Waals surface area (Å²) in [6, 6.07) is 13.1. The molecule has 0 bridgehead atoms. The molecule has 28 heavy (non-hydrogen) atoms. The third-order valence-electron chi connectivity index (χ3n) is 7.00. The van der Waals surface area contributed by atoms with Crippen LogP contribution in [0.25, 0.3) is 0 Å². The van der Waals surface area contributed by atoms with Gasteiger partial charge in [0.2, 0.25) is 0 Å². The minimum atomic E-state index is -0.268. The van der Waals surface area contributed by atoms with Crippen molar-refractivity contribution in [2.45, 2.75) is 68.6 Å². The standard InChI is InChI=1S/C25H30O2S/c1-23(2)11-12-24(3,4)19-14-17(8-9-18(19)23)25(5)15-28-21-10-7-16(13-20(21)25)22(26)27-6/h7-10,13-14H,11-12,15H2,1-6H3. The highest BCUT2D eigenvalue weighted by atomic mass is 32.2.